The molecule has 0 unspecified atom stereocenters. The van der Waals surface area contributed by atoms with Crippen LogP contribution < -0.4 is 10.6 Å². The van der Waals surface area contributed by atoms with Crippen LogP contribution in [0.15, 0.2) is 17.2 Å². The SMILES string of the molecule is O=c1[nH]nc2cc(N3CCC[C@H](O)C3)ncn12. The topological polar surface area (TPSA) is 86.5 Å². The highest BCUT2D eigenvalue weighted by atomic mass is 16.3. The van der Waals surface area contributed by atoms with Crippen molar-refractivity contribution in [1.29, 1.82) is 0 Å². The molecule has 90 valence electrons. The maximum atomic E-state index is 11.3. The number of aliphatic hydroxyl groups excluding tert-OH is 1. The van der Waals surface area contributed by atoms with Crippen molar-refractivity contribution in [2.45, 2.75) is 18.9 Å². The molecule has 0 radical (unpaired) electrons. The van der Waals surface area contributed by atoms with Gasteiger partial charge in [-0.2, -0.15) is 5.10 Å². The number of fused-ring (bicyclic) bond motifs is 1. The first-order chi connectivity index (χ1) is 8.24. The predicted octanol–water partition coefficient (Wildman–Crippen LogP) is -0.621. The van der Waals surface area contributed by atoms with Crippen LogP contribution in [0.1, 0.15) is 12.8 Å². The molecule has 1 aliphatic heterocycles. The van der Waals surface area contributed by atoms with Crippen LogP contribution in [0.2, 0.25) is 0 Å². The molecule has 0 amide bonds. The van der Waals surface area contributed by atoms with Crippen LogP contribution in [0.25, 0.3) is 5.65 Å². The molecule has 0 aromatic carbocycles. The lowest BCUT2D eigenvalue weighted by molar-refractivity contribution is 0.154. The molecule has 7 heteroatoms. The van der Waals surface area contributed by atoms with Gasteiger partial charge >= 0.3 is 5.69 Å². The molecule has 3 heterocycles. The average Bonchev–Trinajstić information content (AvgIpc) is 2.71. The summed E-state index contributed by atoms with van der Waals surface area (Å²) < 4.78 is 1.35. The number of H-pyrrole nitrogens is 1. The number of hydrogen-bond donors (Lipinski definition) is 2. The van der Waals surface area contributed by atoms with Gasteiger partial charge in [0, 0.05) is 19.2 Å². The van der Waals surface area contributed by atoms with E-state index < -0.39 is 0 Å². The largest absolute Gasteiger partial charge is 0.391 e. The molecule has 1 fully saturated rings. The molecule has 2 aromatic rings. The quantitative estimate of drug-likeness (QED) is 0.688. The predicted molar refractivity (Wildman–Crippen MR) is 61.1 cm³/mol. The summed E-state index contributed by atoms with van der Waals surface area (Å²) in [6.45, 7) is 1.45. The average molecular weight is 235 g/mol. The minimum absolute atomic E-state index is 0.294. The summed E-state index contributed by atoms with van der Waals surface area (Å²) in [4.78, 5) is 17.5. The van der Waals surface area contributed by atoms with Crippen molar-refractivity contribution in [3.63, 3.8) is 0 Å². The van der Waals surface area contributed by atoms with Gasteiger partial charge in [0.05, 0.1) is 6.10 Å². The number of nitrogens with zero attached hydrogens (tertiary/aromatic N) is 4. The lowest BCUT2D eigenvalue weighted by Crippen LogP contribution is -2.38. The minimum atomic E-state index is -0.303. The highest BCUT2D eigenvalue weighted by Gasteiger charge is 2.19. The smallest absolute Gasteiger partial charge is 0.348 e. The van der Waals surface area contributed by atoms with Gasteiger partial charge in [-0.25, -0.2) is 19.3 Å². The van der Waals surface area contributed by atoms with E-state index >= 15 is 0 Å². The van der Waals surface area contributed by atoms with Gasteiger partial charge in [0.2, 0.25) is 0 Å². The van der Waals surface area contributed by atoms with Gasteiger partial charge in [0.1, 0.15) is 12.1 Å². The maximum Gasteiger partial charge on any atom is 0.348 e. The summed E-state index contributed by atoms with van der Waals surface area (Å²) in [7, 11) is 0. The Hall–Kier alpha value is -1.89. The number of β-amino-alcohol motifs (C(OH)–C–C–N with tert-alkyl or cyclic N) is 1. The number of rotatable bonds is 1. The second-order valence-corrected chi connectivity index (χ2v) is 4.25. The molecule has 1 atom stereocenters. The van der Waals surface area contributed by atoms with Crippen molar-refractivity contribution < 1.29 is 5.11 Å². The zero-order valence-corrected chi connectivity index (χ0v) is 9.20. The molecule has 0 saturated carbocycles. The third kappa shape index (κ3) is 1.78. The third-order valence-electron chi connectivity index (χ3n) is 3.02. The minimum Gasteiger partial charge on any atom is -0.391 e. The second kappa shape index (κ2) is 3.85. The molecule has 1 aliphatic rings. The highest BCUT2D eigenvalue weighted by molar-refractivity contribution is 5.50. The van der Waals surface area contributed by atoms with Gasteiger partial charge in [-0.15, -0.1) is 0 Å². The van der Waals surface area contributed by atoms with Crippen LogP contribution in [0.5, 0.6) is 0 Å². The Morgan fingerprint density at radius 1 is 1.53 bits per heavy atom. The first-order valence-corrected chi connectivity index (χ1v) is 5.60. The first kappa shape index (κ1) is 10.3. The molecule has 0 bridgehead atoms. The van der Waals surface area contributed by atoms with Gasteiger partial charge in [-0.05, 0) is 12.8 Å². The van der Waals surface area contributed by atoms with Crippen LogP contribution in [0, 0.1) is 0 Å². The van der Waals surface area contributed by atoms with Crippen LogP contribution >= 0.6 is 0 Å². The normalized spacial score (nSPS) is 21.0. The summed E-state index contributed by atoms with van der Waals surface area (Å²) in [5.41, 5.74) is 0.248. The summed E-state index contributed by atoms with van der Waals surface area (Å²) in [6.07, 6.45) is 2.93. The second-order valence-electron chi connectivity index (χ2n) is 4.25. The molecule has 17 heavy (non-hydrogen) atoms. The van der Waals surface area contributed by atoms with E-state index in [1.807, 2.05) is 4.90 Å². The molecule has 2 aromatic heterocycles. The van der Waals surface area contributed by atoms with Crippen molar-refractivity contribution in [3.8, 4) is 0 Å². The Bertz CT molecular complexity index is 590. The number of piperidine rings is 1. The number of nitrogens with one attached hydrogen (secondary N) is 1. The van der Waals surface area contributed by atoms with Crippen LogP contribution in [0.4, 0.5) is 5.82 Å². The molecule has 0 aliphatic carbocycles. The maximum absolute atomic E-state index is 11.3. The van der Waals surface area contributed by atoms with Gasteiger partial charge in [0.15, 0.2) is 5.65 Å². The molecule has 1 saturated heterocycles. The Labute approximate surface area is 96.7 Å². The zero-order valence-electron chi connectivity index (χ0n) is 9.20. The molecule has 3 rings (SSSR count). The third-order valence-corrected chi connectivity index (χ3v) is 3.02. The molecular formula is C10H13N5O2. The fraction of sp³-hybridized carbons (Fsp3) is 0.500. The van der Waals surface area contributed by atoms with Gasteiger partial charge in [-0.3, -0.25) is 0 Å². The van der Waals surface area contributed by atoms with Gasteiger partial charge < -0.3 is 10.0 Å². The first-order valence-electron chi connectivity index (χ1n) is 5.60. The zero-order chi connectivity index (χ0) is 11.8. The van der Waals surface area contributed by atoms with Crippen molar-refractivity contribution in [2.75, 3.05) is 18.0 Å². The van der Waals surface area contributed by atoms with Crippen LogP contribution in [-0.2, 0) is 0 Å². The Kier molecular flexibility index (Phi) is 2.32. The van der Waals surface area contributed by atoms with E-state index in [1.54, 1.807) is 6.07 Å². The molecular weight excluding hydrogens is 222 g/mol. The number of aliphatic hydroxyl groups is 1. The number of hydrogen-bond acceptors (Lipinski definition) is 5. The number of anilines is 1. The lowest BCUT2D eigenvalue weighted by atomic mass is 10.1. The van der Waals surface area contributed by atoms with Crippen molar-refractivity contribution in [2.24, 2.45) is 0 Å². The number of aromatic amines is 1. The van der Waals surface area contributed by atoms with E-state index in [4.69, 9.17) is 0 Å². The summed E-state index contributed by atoms with van der Waals surface area (Å²) >= 11 is 0. The Morgan fingerprint density at radius 3 is 3.24 bits per heavy atom. The highest BCUT2D eigenvalue weighted by Crippen LogP contribution is 2.17. The van der Waals surface area contributed by atoms with E-state index in [0.717, 1.165) is 25.2 Å². The Morgan fingerprint density at radius 2 is 2.41 bits per heavy atom. The van der Waals surface area contributed by atoms with Crippen molar-refractivity contribution in [1.82, 2.24) is 19.6 Å². The van der Waals surface area contributed by atoms with Gasteiger partial charge in [-0.1, -0.05) is 0 Å². The monoisotopic (exact) mass is 235 g/mol. The number of aromatic nitrogens is 4. The standard InChI is InChI=1S/C10H13N5O2/c16-7-2-1-3-14(5-7)8-4-9-12-13-10(17)15(9)6-11-8/h4,6-7,16H,1-3,5H2,(H,13,17)/t7-/m0/s1. The molecule has 7 nitrogen and oxygen atoms in total. The van der Waals surface area contributed by atoms with E-state index in [9.17, 15) is 9.90 Å². The van der Waals surface area contributed by atoms with E-state index in [1.165, 1.54) is 10.7 Å². The lowest BCUT2D eigenvalue weighted by Gasteiger charge is -2.30. The van der Waals surface area contributed by atoms with Crippen LogP contribution in [0.3, 0.4) is 0 Å². The fourth-order valence-corrected chi connectivity index (χ4v) is 2.14. The van der Waals surface area contributed by atoms with E-state index in [2.05, 4.69) is 15.2 Å². The van der Waals surface area contributed by atoms with E-state index in [0.29, 0.717) is 12.2 Å². The fourth-order valence-electron chi connectivity index (χ4n) is 2.14. The summed E-state index contributed by atoms with van der Waals surface area (Å²) in [6, 6.07) is 1.75. The van der Waals surface area contributed by atoms with E-state index in [-0.39, 0.29) is 11.8 Å². The summed E-state index contributed by atoms with van der Waals surface area (Å²) in [5, 5.41) is 15.9. The van der Waals surface area contributed by atoms with Crippen molar-refractivity contribution >= 4 is 11.5 Å². The van der Waals surface area contributed by atoms with Crippen molar-refractivity contribution in [3.05, 3.63) is 22.9 Å². The molecule has 2 N–H and O–H groups in total. The van der Waals surface area contributed by atoms with Gasteiger partial charge in [0.25, 0.3) is 0 Å². The Balaban J connectivity index is 1.97. The summed E-state index contributed by atoms with van der Waals surface area (Å²) in [5.74, 6) is 0.746. The molecule has 0 spiro atoms. The van der Waals surface area contributed by atoms with Crippen LogP contribution in [-0.4, -0.2) is 43.9 Å².